The van der Waals surface area contributed by atoms with Crippen molar-refractivity contribution in [1.82, 2.24) is 10.3 Å². The van der Waals surface area contributed by atoms with Crippen LogP contribution in [0.15, 0.2) is 11.7 Å². The molecule has 1 aromatic heterocycles. The van der Waals surface area contributed by atoms with Crippen LogP contribution in [0, 0.1) is 0 Å². The molecule has 0 saturated heterocycles. The molecule has 1 heterocycles. The molecule has 72 valence electrons. The number of thiazole rings is 1. The van der Waals surface area contributed by atoms with Crippen molar-refractivity contribution in [3.8, 4) is 0 Å². The number of hydrogen-bond acceptors (Lipinski definition) is 4. The Morgan fingerprint density at radius 1 is 1.77 bits per heavy atom. The minimum atomic E-state index is -0.815. The van der Waals surface area contributed by atoms with Crippen LogP contribution in [0.25, 0.3) is 0 Å². The van der Waals surface area contributed by atoms with E-state index in [0.29, 0.717) is 6.54 Å². The summed E-state index contributed by atoms with van der Waals surface area (Å²) in [5, 5.41) is 2.73. The van der Waals surface area contributed by atoms with Gasteiger partial charge in [-0.25, -0.2) is 0 Å². The Labute approximate surface area is 81.2 Å². The molecule has 5 heteroatoms. The number of nitrogens with one attached hydrogen (secondary N) is 1. The summed E-state index contributed by atoms with van der Waals surface area (Å²) >= 11 is 1.51. The molecule has 1 rings (SSSR count). The van der Waals surface area contributed by atoms with Crippen molar-refractivity contribution in [1.29, 1.82) is 0 Å². The van der Waals surface area contributed by atoms with Crippen molar-refractivity contribution in [2.75, 3.05) is 0 Å². The Morgan fingerprint density at radius 3 is 2.92 bits per heavy atom. The van der Waals surface area contributed by atoms with Gasteiger partial charge >= 0.3 is 0 Å². The maximum atomic E-state index is 11.3. The van der Waals surface area contributed by atoms with Crippen LogP contribution in [0.5, 0.6) is 0 Å². The van der Waals surface area contributed by atoms with Crippen LogP contribution >= 0.6 is 11.3 Å². The molecule has 1 aromatic rings. The van der Waals surface area contributed by atoms with Crippen LogP contribution < -0.4 is 11.1 Å². The standard InChI is InChI=1S/C8H13N3OS/c1-8(2,9)7(12)11-4-6-3-10-5-13-6/h3,5H,4,9H2,1-2H3,(H,11,12). The fourth-order valence-electron chi connectivity index (χ4n) is 0.725. The SMILES string of the molecule is CC(C)(N)C(=O)NCc1cncs1. The maximum Gasteiger partial charge on any atom is 0.239 e. The van der Waals surface area contributed by atoms with E-state index in [1.807, 2.05) is 0 Å². The average Bonchev–Trinajstić information content (AvgIpc) is 2.50. The number of nitrogens with two attached hydrogens (primary N) is 1. The van der Waals surface area contributed by atoms with E-state index >= 15 is 0 Å². The first-order valence-corrected chi connectivity index (χ1v) is 4.82. The number of nitrogens with zero attached hydrogens (tertiary/aromatic N) is 1. The summed E-state index contributed by atoms with van der Waals surface area (Å²) in [5.74, 6) is -0.152. The molecule has 0 aromatic carbocycles. The van der Waals surface area contributed by atoms with Gasteiger partial charge < -0.3 is 11.1 Å². The van der Waals surface area contributed by atoms with Crippen molar-refractivity contribution in [3.05, 3.63) is 16.6 Å². The van der Waals surface area contributed by atoms with Crippen molar-refractivity contribution >= 4 is 17.2 Å². The topological polar surface area (TPSA) is 68.0 Å². The molecule has 0 aliphatic heterocycles. The van der Waals surface area contributed by atoms with Crippen LogP contribution in [-0.4, -0.2) is 16.4 Å². The monoisotopic (exact) mass is 199 g/mol. The third kappa shape index (κ3) is 3.12. The second-order valence-corrected chi connectivity index (χ2v) is 4.34. The number of rotatable bonds is 3. The second kappa shape index (κ2) is 3.85. The molecular formula is C8H13N3OS. The molecule has 0 saturated carbocycles. The molecule has 0 unspecified atom stereocenters. The van der Waals surface area contributed by atoms with Gasteiger partial charge in [0.1, 0.15) is 0 Å². The van der Waals surface area contributed by atoms with E-state index in [0.717, 1.165) is 4.88 Å². The number of carbonyl (C=O) groups excluding carboxylic acids is 1. The highest BCUT2D eigenvalue weighted by Crippen LogP contribution is 2.05. The Balaban J connectivity index is 2.40. The Hall–Kier alpha value is -0.940. The lowest BCUT2D eigenvalue weighted by Gasteiger charge is -2.17. The minimum absolute atomic E-state index is 0.152. The smallest absolute Gasteiger partial charge is 0.239 e. The van der Waals surface area contributed by atoms with E-state index in [-0.39, 0.29) is 5.91 Å². The van der Waals surface area contributed by atoms with Crippen LogP contribution in [0.3, 0.4) is 0 Å². The zero-order chi connectivity index (χ0) is 9.90. The normalized spacial score (nSPS) is 11.3. The molecular weight excluding hydrogens is 186 g/mol. The highest BCUT2D eigenvalue weighted by molar-refractivity contribution is 7.09. The van der Waals surface area contributed by atoms with Crippen LogP contribution in [0.1, 0.15) is 18.7 Å². The molecule has 0 bridgehead atoms. The predicted octanol–water partition coefficient (Wildman–Crippen LogP) is 0.497. The van der Waals surface area contributed by atoms with Crippen molar-refractivity contribution in [2.45, 2.75) is 25.9 Å². The van der Waals surface area contributed by atoms with Gasteiger partial charge in [0.05, 0.1) is 17.6 Å². The maximum absolute atomic E-state index is 11.3. The van der Waals surface area contributed by atoms with Gasteiger partial charge in [-0.2, -0.15) is 0 Å². The zero-order valence-corrected chi connectivity index (χ0v) is 8.52. The highest BCUT2D eigenvalue weighted by Gasteiger charge is 2.21. The van der Waals surface area contributed by atoms with E-state index in [1.54, 1.807) is 25.6 Å². The first-order valence-electron chi connectivity index (χ1n) is 3.94. The van der Waals surface area contributed by atoms with Crippen LogP contribution in [0.4, 0.5) is 0 Å². The summed E-state index contributed by atoms with van der Waals surface area (Å²) in [5.41, 5.74) is 6.51. The lowest BCUT2D eigenvalue weighted by atomic mass is 10.1. The van der Waals surface area contributed by atoms with E-state index < -0.39 is 5.54 Å². The number of aromatic nitrogens is 1. The van der Waals surface area contributed by atoms with Gasteiger partial charge in [-0.05, 0) is 13.8 Å². The Morgan fingerprint density at radius 2 is 2.46 bits per heavy atom. The van der Waals surface area contributed by atoms with E-state index in [1.165, 1.54) is 11.3 Å². The van der Waals surface area contributed by atoms with Gasteiger partial charge in [0.2, 0.25) is 5.91 Å². The van der Waals surface area contributed by atoms with E-state index in [4.69, 9.17) is 5.73 Å². The number of amides is 1. The summed E-state index contributed by atoms with van der Waals surface area (Å²) in [7, 11) is 0. The highest BCUT2D eigenvalue weighted by atomic mass is 32.1. The molecule has 0 radical (unpaired) electrons. The van der Waals surface area contributed by atoms with Crippen molar-refractivity contribution in [2.24, 2.45) is 5.73 Å². The summed E-state index contributed by atoms with van der Waals surface area (Å²) < 4.78 is 0. The van der Waals surface area contributed by atoms with Crippen LogP contribution in [0.2, 0.25) is 0 Å². The molecule has 0 aliphatic rings. The average molecular weight is 199 g/mol. The Kier molecular flexibility index (Phi) is 3.00. The molecule has 0 fully saturated rings. The predicted molar refractivity (Wildman–Crippen MR) is 52.2 cm³/mol. The van der Waals surface area contributed by atoms with E-state index in [2.05, 4.69) is 10.3 Å². The van der Waals surface area contributed by atoms with Crippen molar-refractivity contribution < 1.29 is 4.79 Å². The van der Waals surface area contributed by atoms with Gasteiger partial charge in [-0.15, -0.1) is 11.3 Å². The minimum Gasteiger partial charge on any atom is -0.350 e. The summed E-state index contributed by atoms with van der Waals surface area (Å²) in [6.07, 6.45) is 1.73. The molecule has 3 N–H and O–H groups in total. The molecule has 0 spiro atoms. The third-order valence-corrected chi connectivity index (χ3v) is 2.27. The van der Waals surface area contributed by atoms with Gasteiger partial charge in [0.25, 0.3) is 0 Å². The second-order valence-electron chi connectivity index (χ2n) is 3.37. The molecule has 0 aliphatic carbocycles. The van der Waals surface area contributed by atoms with E-state index in [9.17, 15) is 4.79 Å². The molecule has 0 atom stereocenters. The number of hydrogen-bond donors (Lipinski definition) is 2. The number of carbonyl (C=O) groups is 1. The first kappa shape index (κ1) is 10.1. The fraction of sp³-hybridized carbons (Fsp3) is 0.500. The largest absolute Gasteiger partial charge is 0.350 e. The summed E-state index contributed by atoms with van der Waals surface area (Å²) in [6.45, 7) is 3.86. The first-order chi connectivity index (χ1) is 6.00. The Bertz CT molecular complexity index is 276. The third-order valence-electron chi connectivity index (χ3n) is 1.49. The molecule has 13 heavy (non-hydrogen) atoms. The lowest BCUT2D eigenvalue weighted by molar-refractivity contribution is -0.125. The molecule has 4 nitrogen and oxygen atoms in total. The van der Waals surface area contributed by atoms with Gasteiger partial charge in [0.15, 0.2) is 0 Å². The summed E-state index contributed by atoms with van der Waals surface area (Å²) in [4.78, 5) is 16.2. The summed E-state index contributed by atoms with van der Waals surface area (Å²) in [6, 6.07) is 0. The van der Waals surface area contributed by atoms with Gasteiger partial charge in [-0.3, -0.25) is 9.78 Å². The van der Waals surface area contributed by atoms with Gasteiger partial charge in [-0.1, -0.05) is 0 Å². The fourth-order valence-corrected chi connectivity index (χ4v) is 1.26. The zero-order valence-electron chi connectivity index (χ0n) is 7.70. The quantitative estimate of drug-likeness (QED) is 0.744. The van der Waals surface area contributed by atoms with Gasteiger partial charge in [0, 0.05) is 11.1 Å². The van der Waals surface area contributed by atoms with Crippen molar-refractivity contribution in [3.63, 3.8) is 0 Å². The lowest BCUT2D eigenvalue weighted by Crippen LogP contribution is -2.48. The van der Waals surface area contributed by atoms with Crippen LogP contribution in [-0.2, 0) is 11.3 Å². The molecule has 1 amide bonds.